The lowest BCUT2D eigenvalue weighted by Crippen LogP contribution is -2.24. The van der Waals surface area contributed by atoms with E-state index in [1.165, 1.54) is 12.1 Å². The van der Waals surface area contributed by atoms with Gasteiger partial charge < -0.3 is 9.47 Å². The van der Waals surface area contributed by atoms with Crippen LogP contribution in [0.5, 0.6) is 0 Å². The second-order valence-corrected chi connectivity index (χ2v) is 5.57. The normalized spacial score (nSPS) is 19.6. The van der Waals surface area contributed by atoms with Crippen LogP contribution in [0.25, 0.3) is 0 Å². The molecule has 6 nitrogen and oxygen atoms in total. The average molecular weight is 344 g/mol. The summed E-state index contributed by atoms with van der Waals surface area (Å²) in [5.41, 5.74) is -0.303. The summed E-state index contributed by atoms with van der Waals surface area (Å²) in [5.74, 6) is -0.531. The number of hydrogen-bond donors (Lipinski definition) is 0. The molecule has 1 aliphatic heterocycles. The van der Waals surface area contributed by atoms with Crippen molar-refractivity contribution in [3.63, 3.8) is 0 Å². The largest absolute Gasteiger partial charge is 0.459 e. The van der Waals surface area contributed by atoms with Gasteiger partial charge in [-0.1, -0.05) is 15.9 Å². The van der Waals surface area contributed by atoms with Gasteiger partial charge in [0.25, 0.3) is 5.69 Å². The van der Waals surface area contributed by atoms with E-state index in [0.717, 1.165) is 6.42 Å². The predicted molar refractivity (Wildman–Crippen MR) is 74.6 cm³/mol. The number of esters is 1. The molecule has 0 amide bonds. The van der Waals surface area contributed by atoms with Crippen molar-refractivity contribution in [1.82, 2.24) is 0 Å². The van der Waals surface area contributed by atoms with Crippen molar-refractivity contribution in [2.75, 3.05) is 13.2 Å². The minimum atomic E-state index is -0.677. The zero-order chi connectivity index (χ0) is 14.7. The maximum atomic E-state index is 12.1. The molecule has 0 saturated carbocycles. The van der Waals surface area contributed by atoms with E-state index < -0.39 is 10.9 Å². The van der Waals surface area contributed by atoms with E-state index in [1.54, 1.807) is 13.0 Å². The Morgan fingerprint density at radius 1 is 1.60 bits per heavy atom. The number of rotatable bonds is 4. The van der Waals surface area contributed by atoms with Crippen molar-refractivity contribution in [2.45, 2.75) is 19.4 Å². The molecular formula is C13H14BrNO5. The summed E-state index contributed by atoms with van der Waals surface area (Å²) in [5, 5.41) is 11.0. The Hall–Kier alpha value is -1.47. The van der Waals surface area contributed by atoms with Crippen LogP contribution in [0.4, 0.5) is 5.69 Å². The molecule has 1 fully saturated rings. The van der Waals surface area contributed by atoms with Crippen molar-refractivity contribution in [3.05, 3.63) is 38.3 Å². The number of ether oxygens (including phenoxy) is 2. The van der Waals surface area contributed by atoms with E-state index in [-0.39, 0.29) is 23.3 Å². The summed E-state index contributed by atoms with van der Waals surface area (Å²) in [6.45, 7) is 2.99. The molecular weight excluding hydrogens is 330 g/mol. The minimum Gasteiger partial charge on any atom is -0.459 e. The van der Waals surface area contributed by atoms with Gasteiger partial charge in [0.2, 0.25) is 0 Å². The van der Waals surface area contributed by atoms with Gasteiger partial charge in [-0.25, -0.2) is 4.79 Å². The highest BCUT2D eigenvalue weighted by Gasteiger charge is 2.28. The van der Waals surface area contributed by atoms with Crippen LogP contribution in [0.15, 0.2) is 22.7 Å². The summed E-state index contributed by atoms with van der Waals surface area (Å²) in [6, 6.07) is 4.26. The Bertz CT molecular complexity index is 527. The molecule has 2 atom stereocenters. The first-order valence-corrected chi connectivity index (χ1v) is 7.01. The molecule has 1 aliphatic rings. The lowest BCUT2D eigenvalue weighted by atomic mass is 10.0. The van der Waals surface area contributed by atoms with Crippen LogP contribution in [-0.4, -0.2) is 30.2 Å². The van der Waals surface area contributed by atoms with Gasteiger partial charge in [-0.05, 0) is 25.5 Å². The van der Waals surface area contributed by atoms with E-state index in [4.69, 9.17) is 9.47 Å². The third-order valence-electron chi connectivity index (χ3n) is 3.30. The maximum Gasteiger partial charge on any atom is 0.345 e. The Morgan fingerprint density at radius 3 is 2.95 bits per heavy atom. The van der Waals surface area contributed by atoms with Gasteiger partial charge in [-0.15, -0.1) is 0 Å². The first-order chi connectivity index (χ1) is 9.49. The minimum absolute atomic E-state index is 0.0380. The van der Waals surface area contributed by atoms with Crippen LogP contribution in [-0.2, 0) is 9.47 Å². The van der Waals surface area contributed by atoms with Crippen molar-refractivity contribution in [2.24, 2.45) is 5.92 Å². The summed E-state index contributed by atoms with van der Waals surface area (Å²) >= 11 is 3.15. The smallest absolute Gasteiger partial charge is 0.345 e. The van der Waals surface area contributed by atoms with Crippen LogP contribution in [0.1, 0.15) is 23.7 Å². The van der Waals surface area contributed by atoms with Crippen LogP contribution in [0.3, 0.4) is 0 Å². The molecule has 2 unspecified atom stereocenters. The highest BCUT2D eigenvalue weighted by molar-refractivity contribution is 9.10. The molecule has 0 N–H and O–H groups in total. The molecule has 0 aliphatic carbocycles. The molecule has 1 aromatic carbocycles. The molecule has 20 heavy (non-hydrogen) atoms. The molecule has 0 bridgehead atoms. The summed E-state index contributed by atoms with van der Waals surface area (Å²) in [7, 11) is 0. The zero-order valence-corrected chi connectivity index (χ0v) is 12.5. The van der Waals surface area contributed by atoms with Gasteiger partial charge in [-0.2, -0.15) is 0 Å². The van der Waals surface area contributed by atoms with Crippen molar-refractivity contribution in [1.29, 1.82) is 0 Å². The molecule has 0 aromatic heterocycles. The number of nitro benzene ring substituents is 1. The van der Waals surface area contributed by atoms with Crippen LogP contribution in [0.2, 0.25) is 0 Å². The molecule has 108 valence electrons. The van der Waals surface area contributed by atoms with Crippen molar-refractivity contribution in [3.8, 4) is 0 Å². The summed E-state index contributed by atoms with van der Waals surface area (Å²) < 4.78 is 11.1. The van der Waals surface area contributed by atoms with Gasteiger partial charge >= 0.3 is 5.97 Å². The van der Waals surface area contributed by atoms with E-state index in [0.29, 0.717) is 17.7 Å². The number of benzene rings is 1. The quantitative estimate of drug-likeness (QED) is 0.477. The number of carbonyl (C=O) groups is 1. The Labute approximate surface area is 124 Å². The molecule has 1 saturated heterocycles. The third kappa shape index (κ3) is 3.34. The standard InChI is InChI=1S/C13H14BrNO5/c1-8(9-4-5-19-7-9)20-13(16)11-3-2-10(14)6-12(11)15(17)18/h2-3,6,8-9H,4-5,7H2,1H3. The van der Waals surface area contributed by atoms with Gasteiger partial charge in [0.05, 0.1) is 11.5 Å². The van der Waals surface area contributed by atoms with E-state index in [1.807, 2.05) is 0 Å². The Morgan fingerprint density at radius 2 is 2.35 bits per heavy atom. The first kappa shape index (κ1) is 14.9. The Kier molecular flexibility index (Phi) is 4.72. The first-order valence-electron chi connectivity index (χ1n) is 6.21. The van der Waals surface area contributed by atoms with Gasteiger partial charge in [-0.3, -0.25) is 10.1 Å². The summed E-state index contributed by atoms with van der Waals surface area (Å²) in [6.07, 6.45) is 0.505. The highest BCUT2D eigenvalue weighted by atomic mass is 79.9. The fourth-order valence-electron chi connectivity index (χ4n) is 2.08. The molecule has 0 spiro atoms. The predicted octanol–water partition coefficient (Wildman–Crippen LogP) is 2.94. The monoisotopic (exact) mass is 343 g/mol. The second-order valence-electron chi connectivity index (χ2n) is 4.65. The van der Waals surface area contributed by atoms with Gasteiger partial charge in [0.1, 0.15) is 11.7 Å². The van der Waals surface area contributed by atoms with Crippen LogP contribution in [0, 0.1) is 16.0 Å². The fourth-order valence-corrected chi connectivity index (χ4v) is 2.43. The van der Waals surface area contributed by atoms with Crippen LogP contribution < -0.4 is 0 Å². The van der Waals surface area contributed by atoms with Crippen molar-refractivity contribution < 1.29 is 19.2 Å². The van der Waals surface area contributed by atoms with Crippen molar-refractivity contribution >= 4 is 27.6 Å². The number of halogens is 1. The molecule has 2 rings (SSSR count). The number of hydrogen-bond acceptors (Lipinski definition) is 5. The third-order valence-corrected chi connectivity index (χ3v) is 3.79. The topological polar surface area (TPSA) is 78.7 Å². The average Bonchev–Trinajstić information content (AvgIpc) is 2.92. The van der Waals surface area contributed by atoms with E-state index in [9.17, 15) is 14.9 Å². The molecule has 1 heterocycles. The SMILES string of the molecule is CC(OC(=O)c1ccc(Br)cc1[N+](=O)[O-])C1CCOC1. The lowest BCUT2D eigenvalue weighted by molar-refractivity contribution is -0.385. The number of nitro groups is 1. The summed E-state index contributed by atoms with van der Waals surface area (Å²) in [4.78, 5) is 22.5. The van der Waals surface area contributed by atoms with E-state index in [2.05, 4.69) is 15.9 Å². The zero-order valence-electron chi connectivity index (χ0n) is 10.9. The van der Waals surface area contributed by atoms with E-state index >= 15 is 0 Å². The molecule has 7 heteroatoms. The van der Waals surface area contributed by atoms with Gasteiger partial charge in [0, 0.05) is 23.1 Å². The number of carbonyl (C=O) groups excluding carboxylic acids is 1. The van der Waals surface area contributed by atoms with Gasteiger partial charge in [0.15, 0.2) is 0 Å². The maximum absolute atomic E-state index is 12.1. The molecule has 1 aromatic rings. The highest BCUT2D eigenvalue weighted by Crippen LogP contribution is 2.26. The second kappa shape index (κ2) is 6.32. The van der Waals surface area contributed by atoms with Crippen LogP contribution >= 0.6 is 15.9 Å². The fraction of sp³-hybridized carbons (Fsp3) is 0.462. The molecule has 0 radical (unpaired) electrons. The Balaban J connectivity index is 2.14. The number of nitrogens with zero attached hydrogens (tertiary/aromatic N) is 1. The lowest BCUT2D eigenvalue weighted by Gasteiger charge is -2.18.